The van der Waals surface area contributed by atoms with Crippen molar-refractivity contribution in [2.24, 2.45) is 18.9 Å². The Kier molecular flexibility index (Phi) is 9.72. The number of aromatic nitrogens is 1. The van der Waals surface area contributed by atoms with Gasteiger partial charge in [-0.1, -0.05) is 65.8 Å². The molecule has 0 saturated carbocycles. The number of carboxylic acids is 1. The van der Waals surface area contributed by atoms with Gasteiger partial charge in [-0.3, -0.25) is 9.59 Å². The van der Waals surface area contributed by atoms with E-state index >= 15 is 0 Å². The van der Waals surface area contributed by atoms with Crippen molar-refractivity contribution in [2.45, 2.75) is 72.0 Å². The van der Waals surface area contributed by atoms with Crippen molar-refractivity contribution in [3.8, 4) is 0 Å². The summed E-state index contributed by atoms with van der Waals surface area (Å²) in [6.07, 6.45) is 3.66. The number of hydrogen-bond acceptors (Lipinski definition) is 4. The van der Waals surface area contributed by atoms with Crippen LogP contribution in [0, 0.1) is 11.8 Å². The van der Waals surface area contributed by atoms with E-state index in [2.05, 4.69) is 33.5 Å². The average Bonchev–Trinajstić information content (AvgIpc) is 3.17. The number of hydrogen-bond donors (Lipinski definition) is 3. The second-order valence-corrected chi connectivity index (χ2v) is 11.2. The van der Waals surface area contributed by atoms with Gasteiger partial charge >= 0.3 is 5.97 Å². The van der Waals surface area contributed by atoms with Gasteiger partial charge in [0.15, 0.2) is 0 Å². The highest BCUT2D eigenvalue weighted by molar-refractivity contribution is 5.93. The molecule has 0 radical (unpaired) electrons. The molecular weight excluding hydrogens is 468 g/mol. The van der Waals surface area contributed by atoms with E-state index in [4.69, 9.17) is 0 Å². The number of nitrogens with one attached hydrogen (secondary N) is 2. The van der Waals surface area contributed by atoms with Crippen LogP contribution in [0.15, 0.2) is 42.1 Å². The van der Waals surface area contributed by atoms with Crippen LogP contribution in [0.4, 0.5) is 0 Å². The molecule has 1 heterocycles. The summed E-state index contributed by atoms with van der Waals surface area (Å²) in [7, 11) is 5.41. The molecule has 0 saturated heterocycles. The largest absolute Gasteiger partial charge is 0.478 e. The summed E-state index contributed by atoms with van der Waals surface area (Å²) in [5, 5.41) is 16.6. The zero-order chi connectivity index (χ0) is 28.2. The van der Waals surface area contributed by atoms with Crippen LogP contribution in [-0.2, 0) is 26.8 Å². The van der Waals surface area contributed by atoms with E-state index in [1.807, 2.05) is 60.7 Å². The third-order valence-corrected chi connectivity index (χ3v) is 7.33. The summed E-state index contributed by atoms with van der Waals surface area (Å²) in [6, 6.07) is 6.31. The Balaban J connectivity index is 2.37. The van der Waals surface area contributed by atoms with Gasteiger partial charge in [0.2, 0.25) is 11.8 Å². The number of carbonyl (C=O) groups excluding carboxylic acids is 2. The fourth-order valence-electron chi connectivity index (χ4n) is 5.03. The van der Waals surface area contributed by atoms with Gasteiger partial charge in [0.1, 0.15) is 6.04 Å². The number of nitrogens with zero attached hydrogens (tertiary/aromatic N) is 2. The maximum absolute atomic E-state index is 13.7. The molecule has 1 aromatic carbocycles. The normalized spacial score (nSPS) is 15.1. The molecule has 2 unspecified atom stereocenters. The zero-order valence-corrected chi connectivity index (χ0v) is 23.9. The lowest BCUT2D eigenvalue weighted by Gasteiger charge is -2.37. The molecule has 0 fully saturated rings. The maximum atomic E-state index is 13.7. The fraction of sp³-hybridized carbons (Fsp3) is 0.552. The predicted octanol–water partition coefficient (Wildman–Crippen LogP) is 3.70. The van der Waals surface area contributed by atoms with E-state index in [0.29, 0.717) is 0 Å². The van der Waals surface area contributed by atoms with Crippen LogP contribution in [0.1, 0.15) is 54.0 Å². The van der Waals surface area contributed by atoms with E-state index < -0.39 is 29.5 Å². The molecule has 2 rings (SSSR count). The van der Waals surface area contributed by atoms with Gasteiger partial charge in [0.25, 0.3) is 0 Å². The minimum atomic E-state index is -1.02. The minimum Gasteiger partial charge on any atom is -0.478 e. The number of fused-ring (bicyclic) bond motifs is 1. The highest BCUT2D eigenvalue weighted by Gasteiger charge is 2.40. The van der Waals surface area contributed by atoms with E-state index in [1.54, 1.807) is 25.1 Å². The molecular formula is C29H44N4O4. The maximum Gasteiger partial charge on any atom is 0.331 e. The molecule has 0 aliphatic carbocycles. The molecule has 8 heteroatoms. The number of aryl methyl sites for hydroxylation is 1. The lowest BCUT2D eigenvalue weighted by molar-refractivity contribution is -0.139. The zero-order valence-electron chi connectivity index (χ0n) is 23.9. The number of carboxylic acid groups (broad SMARTS) is 1. The first kappa shape index (κ1) is 30.1. The van der Waals surface area contributed by atoms with Crippen LogP contribution in [0.3, 0.4) is 0 Å². The smallest absolute Gasteiger partial charge is 0.331 e. The second kappa shape index (κ2) is 11.9. The van der Waals surface area contributed by atoms with Gasteiger partial charge in [-0.25, -0.2) is 4.79 Å². The topological polar surface area (TPSA) is 104 Å². The van der Waals surface area contributed by atoms with Crippen molar-refractivity contribution < 1.29 is 19.5 Å². The Bertz CT molecular complexity index is 1160. The van der Waals surface area contributed by atoms with Gasteiger partial charge in [0, 0.05) is 42.2 Å². The highest BCUT2D eigenvalue weighted by Crippen LogP contribution is 2.34. The summed E-state index contributed by atoms with van der Waals surface area (Å²) in [4.78, 5) is 40.3. The Morgan fingerprint density at radius 1 is 1.08 bits per heavy atom. The van der Waals surface area contributed by atoms with Crippen LogP contribution in [-0.4, -0.2) is 64.6 Å². The molecule has 8 nitrogen and oxygen atoms in total. The molecule has 0 aliphatic rings. The molecule has 204 valence electrons. The third kappa shape index (κ3) is 6.42. The van der Waals surface area contributed by atoms with Gasteiger partial charge in [0.05, 0.1) is 12.1 Å². The third-order valence-electron chi connectivity index (χ3n) is 7.33. The van der Waals surface area contributed by atoms with Crippen molar-refractivity contribution in [3.05, 3.63) is 47.7 Å². The van der Waals surface area contributed by atoms with Crippen molar-refractivity contribution in [2.75, 3.05) is 14.1 Å². The Labute approximate surface area is 221 Å². The quantitative estimate of drug-likeness (QED) is 0.399. The van der Waals surface area contributed by atoms with Gasteiger partial charge in [-0.15, -0.1) is 0 Å². The van der Waals surface area contributed by atoms with Gasteiger partial charge < -0.3 is 25.2 Å². The minimum absolute atomic E-state index is 0.0119. The lowest BCUT2D eigenvalue weighted by atomic mass is 9.77. The summed E-state index contributed by atoms with van der Waals surface area (Å²) in [5.41, 5.74) is 1.72. The van der Waals surface area contributed by atoms with E-state index in [-0.39, 0.29) is 29.2 Å². The molecule has 1 aromatic heterocycles. The number of likely N-dealkylation sites (N-methyl/N-ethyl adjacent to an activating group) is 2. The van der Waals surface area contributed by atoms with Gasteiger partial charge in [-0.2, -0.15) is 0 Å². The average molecular weight is 513 g/mol. The SMILES string of the molecule is CNC(C(=O)N[C@@H](C(=O)N(C)C(/C=C(\C)C(=O)O)C(C)C)C(C)C)C(C)(C)c1cn(C)c2ccccc12. The van der Waals surface area contributed by atoms with E-state index in [9.17, 15) is 19.5 Å². The predicted molar refractivity (Wildman–Crippen MR) is 148 cm³/mol. The van der Waals surface area contributed by atoms with Gasteiger partial charge in [-0.05, 0) is 37.4 Å². The summed E-state index contributed by atoms with van der Waals surface area (Å²) in [6.45, 7) is 13.2. The number of rotatable bonds is 11. The first-order valence-electron chi connectivity index (χ1n) is 12.9. The second-order valence-electron chi connectivity index (χ2n) is 11.2. The van der Waals surface area contributed by atoms with Crippen LogP contribution < -0.4 is 10.6 Å². The number of para-hydroxylation sites is 1. The Morgan fingerprint density at radius 2 is 1.68 bits per heavy atom. The fourth-order valence-corrected chi connectivity index (χ4v) is 5.03. The van der Waals surface area contributed by atoms with Crippen molar-refractivity contribution in [1.82, 2.24) is 20.1 Å². The first-order chi connectivity index (χ1) is 17.1. The molecule has 2 amide bonds. The van der Waals surface area contributed by atoms with Crippen LogP contribution >= 0.6 is 0 Å². The molecule has 37 heavy (non-hydrogen) atoms. The number of carbonyl (C=O) groups is 3. The first-order valence-corrected chi connectivity index (χ1v) is 12.9. The summed E-state index contributed by atoms with van der Waals surface area (Å²) < 4.78 is 2.06. The molecule has 0 aliphatic heterocycles. The summed E-state index contributed by atoms with van der Waals surface area (Å²) >= 11 is 0. The van der Waals surface area contributed by atoms with E-state index in [0.717, 1.165) is 16.5 Å². The van der Waals surface area contributed by atoms with Crippen LogP contribution in [0.25, 0.3) is 10.9 Å². The number of benzene rings is 1. The van der Waals surface area contributed by atoms with Crippen molar-refractivity contribution in [3.63, 3.8) is 0 Å². The number of amides is 2. The number of aliphatic carboxylic acids is 1. The van der Waals surface area contributed by atoms with Crippen LogP contribution in [0.2, 0.25) is 0 Å². The monoisotopic (exact) mass is 512 g/mol. The van der Waals surface area contributed by atoms with Crippen LogP contribution in [0.5, 0.6) is 0 Å². The lowest BCUT2D eigenvalue weighted by Crippen LogP contribution is -2.59. The van der Waals surface area contributed by atoms with E-state index in [1.165, 1.54) is 6.92 Å². The molecule has 3 N–H and O–H groups in total. The Hall–Kier alpha value is -3.13. The summed E-state index contributed by atoms with van der Waals surface area (Å²) in [5.74, 6) is -1.72. The van der Waals surface area contributed by atoms with Crippen molar-refractivity contribution in [1.29, 1.82) is 0 Å². The van der Waals surface area contributed by atoms with Crippen molar-refractivity contribution >= 4 is 28.7 Å². The molecule has 3 atom stereocenters. The Morgan fingerprint density at radius 3 is 2.19 bits per heavy atom. The molecule has 0 bridgehead atoms. The molecule has 0 spiro atoms. The highest BCUT2D eigenvalue weighted by atomic mass is 16.4. The molecule has 2 aromatic rings. The standard InChI is InChI=1S/C29H44N4O4/c1-17(2)23(15-19(5)28(36)37)33(10)27(35)24(18(3)4)31-26(34)25(30-8)29(6,7)21-16-32(9)22-14-12-11-13-20(21)22/h11-18,23-25,30H,1-10H3,(H,31,34)(H,36,37)/b19-15+/t23?,24-,25?/m1/s1.